The summed E-state index contributed by atoms with van der Waals surface area (Å²) in [5.41, 5.74) is 5.66. The summed E-state index contributed by atoms with van der Waals surface area (Å²) >= 11 is 0. The van der Waals surface area contributed by atoms with Gasteiger partial charge in [-0.1, -0.05) is 12.5 Å². The van der Waals surface area contributed by atoms with Crippen molar-refractivity contribution in [3.05, 3.63) is 71.8 Å². The molecule has 0 radical (unpaired) electrons. The third kappa shape index (κ3) is 5.15. The minimum Gasteiger partial charge on any atom is -0.492 e. The van der Waals surface area contributed by atoms with Gasteiger partial charge in [-0.25, -0.2) is 0 Å². The third-order valence-electron chi connectivity index (χ3n) is 6.50. The molecule has 0 bridgehead atoms. The number of nitrogens with zero attached hydrogens (tertiary/aromatic N) is 4. The molecular weight excluding hydrogens is 412 g/mol. The number of ether oxygens (including phenoxy) is 2. The fourth-order valence-electron chi connectivity index (χ4n) is 4.26. The van der Waals surface area contributed by atoms with Crippen LogP contribution >= 0.6 is 0 Å². The van der Waals surface area contributed by atoms with Crippen LogP contribution < -0.4 is 9.64 Å². The van der Waals surface area contributed by atoms with Gasteiger partial charge in [-0.3, -0.25) is 9.97 Å². The van der Waals surface area contributed by atoms with Crippen LogP contribution in [-0.2, 0) is 11.2 Å². The topological polar surface area (TPSA) is 71.3 Å². The van der Waals surface area contributed by atoms with Gasteiger partial charge in [-0.2, -0.15) is 5.26 Å². The molecule has 33 heavy (non-hydrogen) atoms. The predicted molar refractivity (Wildman–Crippen MR) is 127 cm³/mol. The molecule has 0 amide bonds. The first-order chi connectivity index (χ1) is 16.3. The van der Waals surface area contributed by atoms with Crippen molar-refractivity contribution in [3.8, 4) is 22.9 Å². The van der Waals surface area contributed by atoms with Crippen molar-refractivity contribution in [2.45, 2.75) is 25.7 Å². The fraction of sp³-hybridized carbons (Fsp3) is 0.370. The van der Waals surface area contributed by atoms with Crippen LogP contribution in [0.2, 0.25) is 0 Å². The number of rotatable bonds is 7. The van der Waals surface area contributed by atoms with Crippen LogP contribution in [0, 0.1) is 17.2 Å². The minimum absolute atomic E-state index is 0.575. The molecule has 2 aliphatic rings. The molecule has 1 aliphatic carbocycles. The van der Waals surface area contributed by atoms with Gasteiger partial charge in [-0.05, 0) is 66.3 Å². The van der Waals surface area contributed by atoms with Gasteiger partial charge in [0.25, 0.3) is 0 Å². The molecule has 0 spiro atoms. The van der Waals surface area contributed by atoms with Crippen molar-refractivity contribution in [2.75, 3.05) is 37.8 Å². The minimum atomic E-state index is 0.575. The van der Waals surface area contributed by atoms with E-state index in [9.17, 15) is 5.26 Å². The van der Waals surface area contributed by atoms with Crippen molar-refractivity contribution in [1.82, 2.24) is 9.97 Å². The molecule has 3 heterocycles. The molecule has 0 N–H and O–H groups in total. The zero-order chi connectivity index (χ0) is 22.5. The number of pyridine rings is 2. The van der Waals surface area contributed by atoms with Crippen LogP contribution in [0.15, 0.2) is 54.9 Å². The molecule has 1 saturated carbocycles. The van der Waals surface area contributed by atoms with E-state index < -0.39 is 0 Å². The maximum atomic E-state index is 9.63. The normalized spacial score (nSPS) is 16.2. The Morgan fingerprint density at radius 3 is 2.58 bits per heavy atom. The van der Waals surface area contributed by atoms with E-state index in [-0.39, 0.29) is 0 Å². The van der Waals surface area contributed by atoms with Gasteiger partial charge in [0.05, 0.1) is 37.3 Å². The Hall–Kier alpha value is -3.43. The highest BCUT2D eigenvalue weighted by molar-refractivity contribution is 5.67. The van der Waals surface area contributed by atoms with Crippen LogP contribution in [0.5, 0.6) is 5.75 Å². The van der Waals surface area contributed by atoms with Crippen molar-refractivity contribution in [1.29, 1.82) is 5.26 Å². The Kier molecular flexibility index (Phi) is 6.50. The number of benzene rings is 1. The number of nitriles is 1. The lowest BCUT2D eigenvalue weighted by Gasteiger charge is -2.28. The van der Waals surface area contributed by atoms with E-state index in [4.69, 9.17) is 9.47 Å². The molecule has 1 aromatic carbocycles. The maximum Gasteiger partial charge on any atom is 0.137 e. The fourth-order valence-corrected chi connectivity index (χ4v) is 4.26. The van der Waals surface area contributed by atoms with E-state index in [2.05, 4.69) is 39.1 Å². The van der Waals surface area contributed by atoms with Crippen molar-refractivity contribution < 1.29 is 9.47 Å². The lowest BCUT2D eigenvalue weighted by Crippen LogP contribution is -2.36. The van der Waals surface area contributed by atoms with Crippen LogP contribution in [0.25, 0.3) is 11.1 Å². The zero-order valence-electron chi connectivity index (χ0n) is 18.7. The summed E-state index contributed by atoms with van der Waals surface area (Å²) in [6.07, 6.45) is 8.15. The molecule has 6 nitrogen and oxygen atoms in total. The van der Waals surface area contributed by atoms with Gasteiger partial charge in [-0.15, -0.1) is 0 Å². The monoisotopic (exact) mass is 440 g/mol. The van der Waals surface area contributed by atoms with Gasteiger partial charge in [0.1, 0.15) is 11.8 Å². The molecule has 2 aromatic heterocycles. The van der Waals surface area contributed by atoms with Gasteiger partial charge in [0, 0.05) is 37.1 Å². The molecule has 6 heteroatoms. The van der Waals surface area contributed by atoms with Crippen molar-refractivity contribution >= 4 is 5.69 Å². The van der Waals surface area contributed by atoms with E-state index in [0.717, 1.165) is 54.5 Å². The molecule has 1 aliphatic heterocycles. The number of hydrogen-bond donors (Lipinski definition) is 0. The lowest BCUT2D eigenvalue weighted by atomic mass is 9.86. The molecule has 3 aromatic rings. The third-order valence-corrected chi connectivity index (χ3v) is 6.50. The first-order valence-corrected chi connectivity index (χ1v) is 11.7. The van der Waals surface area contributed by atoms with Gasteiger partial charge < -0.3 is 14.4 Å². The quantitative estimate of drug-likeness (QED) is 0.534. The molecule has 2 fully saturated rings. The summed E-state index contributed by atoms with van der Waals surface area (Å²) in [5, 5.41) is 9.63. The maximum absolute atomic E-state index is 9.63. The summed E-state index contributed by atoms with van der Waals surface area (Å²) in [4.78, 5) is 11.5. The van der Waals surface area contributed by atoms with Crippen LogP contribution in [-0.4, -0.2) is 42.9 Å². The first kappa shape index (κ1) is 21.4. The van der Waals surface area contributed by atoms with Crippen LogP contribution in [0.3, 0.4) is 0 Å². The van der Waals surface area contributed by atoms with E-state index >= 15 is 0 Å². The number of hydrogen-bond acceptors (Lipinski definition) is 6. The molecule has 5 rings (SSSR count). The first-order valence-electron chi connectivity index (χ1n) is 11.7. The molecule has 1 saturated heterocycles. The highest BCUT2D eigenvalue weighted by atomic mass is 16.5. The number of aromatic nitrogens is 2. The Morgan fingerprint density at radius 1 is 1.00 bits per heavy atom. The standard InChI is InChI=1S/C27H28N4O2/c28-17-23-14-21(4-7-27(23)33-19-20-2-1-3-20)22-8-9-29-25(15-22)16-24-5-6-26(18-30-24)31-10-12-32-13-11-31/h4-9,14-15,18,20H,1-3,10-13,16,19H2. The average molecular weight is 441 g/mol. The van der Waals surface area contributed by atoms with Crippen molar-refractivity contribution in [2.24, 2.45) is 5.92 Å². The second-order valence-corrected chi connectivity index (χ2v) is 8.75. The SMILES string of the molecule is N#Cc1cc(-c2ccnc(Cc3ccc(N4CCOCC4)cn3)c2)ccc1OCC1CCC1. The van der Waals surface area contributed by atoms with E-state index in [1.807, 2.05) is 36.7 Å². The van der Waals surface area contributed by atoms with Crippen LogP contribution in [0.4, 0.5) is 5.69 Å². The highest BCUT2D eigenvalue weighted by Gasteiger charge is 2.19. The summed E-state index contributed by atoms with van der Waals surface area (Å²) in [5.74, 6) is 1.31. The van der Waals surface area contributed by atoms with E-state index in [0.29, 0.717) is 30.3 Å². The Bertz CT molecular complexity index is 1130. The largest absolute Gasteiger partial charge is 0.492 e. The van der Waals surface area contributed by atoms with Gasteiger partial charge >= 0.3 is 0 Å². The number of anilines is 1. The molecule has 0 atom stereocenters. The predicted octanol–water partition coefficient (Wildman–Crippen LogP) is 4.62. The summed E-state index contributed by atoms with van der Waals surface area (Å²) in [7, 11) is 0. The van der Waals surface area contributed by atoms with Crippen molar-refractivity contribution in [3.63, 3.8) is 0 Å². The Balaban J connectivity index is 1.28. The lowest BCUT2D eigenvalue weighted by molar-refractivity contribution is 0.122. The second-order valence-electron chi connectivity index (χ2n) is 8.75. The summed E-state index contributed by atoms with van der Waals surface area (Å²) in [6, 6.07) is 16.4. The van der Waals surface area contributed by atoms with Gasteiger partial charge in [0.15, 0.2) is 0 Å². The Labute approximate surface area is 194 Å². The molecular formula is C27H28N4O2. The smallest absolute Gasteiger partial charge is 0.137 e. The summed E-state index contributed by atoms with van der Waals surface area (Å²) < 4.78 is 11.4. The number of morpholine rings is 1. The molecule has 0 unspecified atom stereocenters. The van der Waals surface area contributed by atoms with E-state index in [1.165, 1.54) is 19.3 Å². The summed E-state index contributed by atoms with van der Waals surface area (Å²) in [6.45, 7) is 4.03. The second kappa shape index (κ2) is 10.0. The van der Waals surface area contributed by atoms with E-state index in [1.54, 1.807) is 0 Å². The zero-order valence-corrected chi connectivity index (χ0v) is 18.7. The average Bonchev–Trinajstić information content (AvgIpc) is 2.84. The Morgan fingerprint density at radius 2 is 1.85 bits per heavy atom. The van der Waals surface area contributed by atoms with Gasteiger partial charge in [0.2, 0.25) is 0 Å². The molecule has 168 valence electrons. The van der Waals surface area contributed by atoms with Crippen LogP contribution in [0.1, 0.15) is 36.2 Å². The highest BCUT2D eigenvalue weighted by Crippen LogP contribution is 2.30.